The Kier molecular flexibility index (Phi) is 5.48. The molecule has 0 saturated heterocycles. The second kappa shape index (κ2) is 8.36. The van der Waals surface area contributed by atoms with E-state index in [4.69, 9.17) is 0 Å². The van der Waals surface area contributed by atoms with Gasteiger partial charge in [0.15, 0.2) is 0 Å². The molecular weight excluding hydrogens is 430 g/mol. The van der Waals surface area contributed by atoms with Gasteiger partial charge in [0.2, 0.25) is 5.82 Å². The number of hydrogen-bond acceptors (Lipinski definition) is 4. The molecular formula is C22H18BrN5O. The first-order valence-corrected chi connectivity index (χ1v) is 9.92. The number of halogens is 1. The molecule has 4 rings (SSSR count). The minimum atomic E-state index is -0.623. The number of tetrazole rings is 1. The Morgan fingerprint density at radius 1 is 0.931 bits per heavy atom. The van der Waals surface area contributed by atoms with Crippen molar-refractivity contribution in [3.05, 3.63) is 83.3 Å². The van der Waals surface area contributed by atoms with E-state index in [9.17, 15) is 4.79 Å². The molecule has 0 aliphatic carbocycles. The van der Waals surface area contributed by atoms with Gasteiger partial charge in [-0.25, -0.2) is 0 Å². The largest absolute Gasteiger partial charge is 0.324 e. The number of anilines is 1. The van der Waals surface area contributed by atoms with Crippen molar-refractivity contribution in [2.45, 2.75) is 13.0 Å². The number of carbonyl (C=O) groups is 1. The summed E-state index contributed by atoms with van der Waals surface area (Å²) in [6.45, 7) is 1.74. The van der Waals surface area contributed by atoms with Crippen molar-refractivity contribution in [3.63, 3.8) is 0 Å². The second-order valence-corrected chi connectivity index (χ2v) is 7.34. The molecule has 144 valence electrons. The number of carbonyl (C=O) groups excluding carboxylic acids is 1. The molecule has 1 atom stereocenters. The molecule has 0 bridgehead atoms. The number of benzene rings is 3. The van der Waals surface area contributed by atoms with Crippen molar-refractivity contribution < 1.29 is 4.79 Å². The minimum Gasteiger partial charge on any atom is -0.324 e. The Morgan fingerprint density at radius 2 is 1.59 bits per heavy atom. The zero-order valence-electron chi connectivity index (χ0n) is 15.7. The van der Waals surface area contributed by atoms with Crippen LogP contribution in [0, 0.1) is 0 Å². The second-order valence-electron chi connectivity index (χ2n) is 6.49. The van der Waals surface area contributed by atoms with Crippen LogP contribution in [0.4, 0.5) is 5.69 Å². The van der Waals surface area contributed by atoms with Crippen LogP contribution >= 0.6 is 15.9 Å². The fourth-order valence-electron chi connectivity index (χ4n) is 2.94. The molecule has 1 aromatic heterocycles. The smallest absolute Gasteiger partial charge is 0.250 e. The average Bonchev–Trinajstić information content (AvgIpc) is 3.24. The van der Waals surface area contributed by atoms with E-state index < -0.39 is 6.04 Å². The summed E-state index contributed by atoms with van der Waals surface area (Å²) in [6, 6.07) is 24.6. The quantitative estimate of drug-likeness (QED) is 0.468. The lowest BCUT2D eigenvalue weighted by Crippen LogP contribution is -2.25. The molecule has 0 radical (unpaired) electrons. The fraction of sp³-hybridized carbons (Fsp3) is 0.0909. The number of para-hydroxylation sites is 1. The summed E-state index contributed by atoms with van der Waals surface area (Å²) >= 11 is 3.49. The van der Waals surface area contributed by atoms with Crippen LogP contribution in [0.25, 0.3) is 22.5 Å². The molecule has 7 heteroatoms. The lowest BCUT2D eigenvalue weighted by Gasteiger charge is -2.14. The third kappa shape index (κ3) is 4.09. The highest BCUT2D eigenvalue weighted by atomic mass is 79.9. The maximum atomic E-state index is 12.9. The van der Waals surface area contributed by atoms with Crippen molar-refractivity contribution in [2.24, 2.45) is 0 Å². The van der Waals surface area contributed by atoms with E-state index in [1.54, 1.807) is 6.92 Å². The normalized spacial score (nSPS) is 11.8. The first kappa shape index (κ1) is 19.0. The Balaban J connectivity index is 1.55. The summed E-state index contributed by atoms with van der Waals surface area (Å²) in [5, 5.41) is 15.5. The third-order valence-corrected chi connectivity index (χ3v) is 5.23. The van der Waals surface area contributed by atoms with Crippen LogP contribution in [0.3, 0.4) is 0 Å². The Labute approximate surface area is 176 Å². The summed E-state index contributed by atoms with van der Waals surface area (Å²) in [6.07, 6.45) is 0. The van der Waals surface area contributed by atoms with Crippen molar-refractivity contribution >= 4 is 27.5 Å². The number of hydrogen-bond donors (Lipinski definition) is 1. The maximum Gasteiger partial charge on any atom is 0.250 e. The summed E-state index contributed by atoms with van der Waals surface area (Å²) < 4.78 is 0.869. The standard InChI is InChI=1S/C22H18BrN5O/c1-15(28-26-21(25-27-28)18-12-5-7-13-19(18)23)22(29)24-20-14-8-6-11-17(20)16-9-3-2-4-10-16/h2-15H,1H3,(H,24,29). The van der Waals surface area contributed by atoms with Crippen LogP contribution in [-0.2, 0) is 4.79 Å². The van der Waals surface area contributed by atoms with E-state index >= 15 is 0 Å². The van der Waals surface area contributed by atoms with Crippen LogP contribution in [0.2, 0.25) is 0 Å². The molecule has 1 amide bonds. The zero-order chi connectivity index (χ0) is 20.2. The predicted octanol–water partition coefficient (Wildman–Crippen LogP) is 4.97. The molecule has 6 nitrogen and oxygen atoms in total. The highest BCUT2D eigenvalue weighted by molar-refractivity contribution is 9.10. The van der Waals surface area contributed by atoms with Crippen molar-refractivity contribution in [2.75, 3.05) is 5.32 Å². The van der Waals surface area contributed by atoms with E-state index in [0.717, 1.165) is 26.9 Å². The highest BCUT2D eigenvalue weighted by Crippen LogP contribution is 2.28. The molecule has 0 spiro atoms. The van der Waals surface area contributed by atoms with Crippen LogP contribution in [0.5, 0.6) is 0 Å². The molecule has 29 heavy (non-hydrogen) atoms. The molecule has 1 unspecified atom stereocenters. The number of nitrogens with one attached hydrogen (secondary N) is 1. The first-order chi connectivity index (χ1) is 14.1. The van der Waals surface area contributed by atoms with Gasteiger partial charge in [0.25, 0.3) is 5.91 Å². The average molecular weight is 448 g/mol. The van der Waals surface area contributed by atoms with Gasteiger partial charge in [-0.15, -0.1) is 10.2 Å². The van der Waals surface area contributed by atoms with E-state index in [2.05, 4.69) is 36.7 Å². The van der Waals surface area contributed by atoms with Crippen LogP contribution in [0.1, 0.15) is 13.0 Å². The molecule has 3 aromatic carbocycles. The maximum absolute atomic E-state index is 12.9. The summed E-state index contributed by atoms with van der Waals surface area (Å²) in [5.41, 5.74) is 3.54. The van der Waals surface area contributed by atoms with Gasteiger partial charge in [-0.3, -0.25) is 4.79 Å². The van der Waals surface area contributed by atoms with E-state index in [0.29, 0.717) is 5.82 Å². The van der Waals surface area contributed by atoms with Crippen LogP contribution in [-0.4, -0.2) is 26.1 Å². The SMILES string of the molecule is CC(C(=O)Nc1ccccc1-c1ccccc1)n1nnc(-c2ccccc2Br)n1. The molecule has 1 heterocycles. The van der Waals surface area contributed by atoms with E-state index in [-0.39, 0.29) is 5.91 Å². The zero-order valence-corrected chi connectivity index (χ0v) is 17.2. The Hall–Kier alpha value is -3.32. The van der Waals surface area contributed by atoms with E-state index in [1.807, 2.05) is 78.9 Å². The van der Waals surface area contributed by atoms with Gasteiger partial charge in [0.1, 0.15) is 6.04 Å². The van der Waals surface area contributed by atoms with Crippen molar-refractivity contribution in [3.8, 4) is 22.5 Å². The number of rotatable bonds is 5. The molecule has 0 fully saturated rings. The lowest BCUT2D eigenvalue weighted by molar-refractivity contribution is -0.119. The monoisotopic (exact) mass is 447 g/mol. The Morgan fingerprint density at radius 3 is 2.34 bits per heavy atom. The Bertz CT molecular complexity index is 1140. The predicted molar refractivity (Wildman–Crippen MR) is 116 cm³/mol. The van der Waals surface area contributed by atoms with Gasteiger partial charge in [-0.2, -0.15) is 4.80 Å². The van der Waals surface area contributed by atoms with E-state index in [1.165, 1.54) is 4.80 Å². The third-order valence-electron chi connectivity index (χ3n) is 4.54. The van der Waals surface area contributed by atoms with Crippen molar-refractivity contribution in [1.82, 2.24) is 20.2 Å². The van der Waals surface area contributed by atoms with Gasteiger partial charge in [-0.1, -0.05) is 76.6 Å². The van der Waals surface area contributed by atoms with Gasteiger partial charge in [0.05, 0.1) is 0 Å². The molecule has 0 saturated carbocycles. The van der Waals surface area contributed by atoms with Crippen molar-refractivity contribution in [1.29, 1.82) is 0 Å². The van der Waals surface area contributed by atoms with Crippen LogP contribution < -0.4 is 5.32 Å². The van der Waals surface area contributed by atoms with Gasteiger partial charge < -0.3 is 5.32 Å². The van der Waals surface area contributed by atoms with Gasteiger partial charge >= 0.3 is 0 Å². The van der Waals surface area contributed by atoms with Gasteiger partial charge in [0, 0.05) is 21.3 Å². The number of nitrogens with zero attached hydrogens (tertiary/aromatic N) is 4. The summed E-state index contributed by atoms with van der Waals surface area (Å²) in [5.74, 6) is 0.242. The molecule has 4 aromatic rings. The lowest BCUT2D eigenvalue weighted by atomic mass is 10.0. The summed E-state index contributed by atoms with van der Waals surface area (Å²) in [7, 11) is 0. The van der Waals surface area contributed by atoms with Crippen LogP contribution in [0.15, 0.2) is 83.3 Å². The molecule has 0 aliphatic heterocycles. The first-order valence-electron chi connectivity index (χ1n) is 9.13. The number of aromatic nitrogens is 4. The van der Waals surface area contributed by atoms with Gasteiger partial charge in [-0.05, 0) is 35.9 Å². The fourth-order valence-corrected chi connectivity index (χ4v) is 3.41. The topological polar surface area (TPSA) is 72.7 Å². The molecule has 0 aliphatic rings. The molecule has 1 N–H and O–H groups in total. The number of amides is 1. The summed E-state index contributed by atoms with van der Waals surface area (Å²) in [4.78, 5) is 14.2. The minimum absolute atomic E-state index is 0.218. The highest BCUT2D eigenvalue weighted by Gasteiger charge is 2.20.